The largest absolute Gasteiger partial charge is 0.476 e. The summed E-state index contributed by atoms with van der Waals surface area (Å²) in [6, 6.07) is 0. The zero-order valence-electron chi connectivity index (χ0n) is 5.34. The topological polar surface area (TPSA) is 9.23 Å². The Morgan fingerprint density at radius 2 is 2.00 bits per heavy atom. The fourth-order valence-electron chi connectivity index (χ4n) is 0.202. The first kappa shape index (κ1) is 12.5. The molecule has 0 aromatic carbocycles. The summed E-state index contributed by atoms with van der Waals surface area (Å²) >= 11 is 8.26. The molecule has 1 radical (unpaired) electrons. The first-order valence-corrected chi connectivity index (χ1v) is 2.88. The van der Waals surface area contributed by atoms with Crippen molar-refractivity contribution >= 4 is 80.6 Å². The van der Waals surface area contributed by atoms with E-state index in [1.54, 1.807) is 0 Å². The molecule has 0 atom stereocenters. The minimum atomic E-state index is 0. The predicted octanol–water partition coefficient (Wildman–Crippen LogP) is 1.25. The molecule has 4 heteroatoms. The molecule has 0 saturated heterocycles. The molecular weight excluding hydrogens is 167 g/mol. The first-order chi connectivity index (χ1) is 3.13. The molecule has 0 aromatic heterocycles. The van der Waals surface area contributed by atoms with Crippen LogP contribution in [0.15, 0.2) is 0 Å². The van der Waals surface area contributed by atoms with Crippen molar-refractivity contribution in [3.05, 3.63) is 0 Å². The summed E-state index contributed by atoms with van der Waals surface area (Å²) in [7, 11) is 0. The maximum atomic E-state index is 4.85. The van der Waals surface area contributed by atoms with Crippen LogP contribution in [0.1, 0.15) is 13.8 Å². The average molecular weight is 175 g/mol. The Hall–Kier alpha value is 1.88. The van der Waals surface area contributed by atoms with Crippen molar-refractivity contribution < 1.29 is 4.74 Å². The van der Waals surface area contributed by atoms with Gasteiger partial charge in [-0.3, -0.25) is 0 Å². The third-order valence-corrected chi connectivity index (χ3v) is 0.538. The molecule has 0 rings (SSSR count). The van der Waals surface area contributed by atoms with Gasteiger partial charge in [0.05, 0.1) is 6.10 Å². The Morgan fingerprint density at radius 1 is 1.62 bits per heavy atom. The van der Waals surface area contributed by atoms with Gasteiger partial charge in [0, 0.05) is 51.4 Å². The van der Waals surface area contributed by atoms with Crippen molar-refractivity contribution in [2.24, 2.45) is 0 Å². The molecule has 8 heavy (non-hydrogen) atoms. The monoisotopic (exact) mass is 175 g/mol. The molecule has 0 N–H and O–H groups in total. The van der Waals surface area contributed by atoms with Gasteiger partial charge in [0.1, 0.15) is 0 Å². The Bertz CT molecular complexity index is 74.4. The van der Waals surface area contributed by atoms with Crippen LogP contribution >= 0.6 is 24.8 Å². The van der Waals surface area contributed by atoms with Gasteiger partial charge in [-0.25, -0.2) is 0 Å². The van der Waals surface area contributed by atoms with Crippen molar-refractivity contribution in [3.8, 4) is 0 Å². The van der Waals surface area contributed by atoms with E-state index in [0.29, 0.717) is 4.38 Å². The second-order valence-electron chi connectivity index (χ2n) is 1.43. The van der Waals surface area contributed by atoms with Gasteiger partial charge in [-0.1, -0.05) is 12.6 Å². The second kappa shape index (κ2) is 6.99. The summed E-state index contributed by atoms with van der Waals surface area (Å²) in [5, 5.41) is 0. The Morgan fingerprint density at radius 3 is 2.00 bits per heavy atom. The summed E-state index contributed by atoms with van der Waals surface area (Å²) in [5.74, 6) is 0. The molecule has 1 nitrogen and oxygen atoms in total. The third-order valence-electron chi connectivity index (χ3n) is 0.337. The molecule has 0 aliphatic heterocycles. The molecule has 0 unspecified atom stereocenters. The molecule has 0 aliphatic carbocycles. The van der Waals surface area contributed by atoms with E-state index in [-0.39, 0.29) is 57.5 Å². The van der Waals surface area contributed by atoms with Crippen molar-refractivity contribution in [1.82, 2.24) is 0 Å². The molecule has 0 aliphatic rings. The molecular formula is C4H8KOS2. The summed E-state index contributed by atoms with van der Waals surface area (Å²) in [6.07, 6.45) is 0.157. The maximum absolute atomic E-state index is 4.85. The minimum absolute atomic E-state index is 0. The van der Waals surface area contributed by atoms with Crippen LogP contribution in [0, 0.1) is 0 Å². The molecule has 0 bridgehead atoms. The zero-order chi connectivity index (χ0) is 5.86. The second-order valence-corrected chi connectivity index (χ2v) is 2.51. The molecule has 0 spiro atoms. The van der Waals surface area contributed by atoms with Crippen molar-refractivity contribution in [2.75, 3.05) is 0 Å². The van der Waals surface area contributed by atoms with Crippen LogP contribution < -0.4 is 0 Å². The van der Waals surface area contributed by atoms with Crippen LogP contribution in [0.5, 0.6) is 0 Å². The Labute approximate surface area is 103 Å². The number of hydrogen-bond acceptors (Lipinski definition) is 2. The fraction of sp³-hybridized carbons (Fsp3) is 0.750. The SMILES string of the molecule is CC(C)OC(=S)S.[K]. The fourth-order valence-corrected chi connectivity index (χ4v) is 0.605. The smallest absolute Gasteiger partial charge is 0.217 e. The average Bonchev–Trinajstić information content (AvgIpc) is 1.27. The van der Waals surface area contributed by atoms with Crippen molar-refractivity contribution in [2.45, 2.75) is 20.0 Å². The van der Waals surface area contributed by atoms with Gasteiger partial charge in [-0.05, 0) is 26.1 Å². The predicted molar refractivity (Wildman–Crippen MR) is 43.6 cm³/mol. The number of thiol groups is 1. The van der Waals surface area contributed by atoms with E-state index in [9.17, 15) is 0 Å². The van der Waals surface area contributed by atoms with Crippen LogP contribution in [-0.4, -0.2) is 61.9 Å². The minimum Gasteiger partial charge on any atom is -0.476 e. The molecule has 43 valence electrons. The summed E-state index contributed by atoms with van der Waals surface area (Å²) in [6.45, 7) is 3.81. The molecule has 0 amide bonds. The first-order valence-electron chi connectivity index (χ1n) is 2.02. The zero-order valence-corrected chi connectivity index (χ0v) is 10.2. The van der Waals surface area contributed by atoms with Gasteiger partial charge in [-0.2, -0.15) is 0 Å². The van der Waals surface area contributed by atoms with Crippen LogP contribution in [0.25, 0.3) is 0 Å². The maximum Gasteiger partial charge on any atom is 0.217 e. The summed E-state index contributed by atoms with van der Waals surface area (Å²) < 4.78 is 5.16. The summed E-state index contributed by atoms with van der Waals surface area (Å²) in [4.78, 5) is 0. The van der Waals surface area contributed by atoms with Crippen LogP contribution in [0.4, 0.5) is 0 Å². The molecule has 0 heterocycles. The Balaban J connectivity index is 0. The third kappa shape index (κ3) is 10.8. The van der Waals surface area contributed by atoms with E-state index in [4.69, 9.17) is 4.74 Å². The standard InChI is InChI=1S/C4H8OS2.K/c1-3(2)5-4(6)7;/h3H,1-2H3,(H,6,7);. The van der Waals surface area contributed by atoms with E-state index in [1.807, 2.05) is 13.8 Å². The number of thiocarbonyl (C=S) groups is 1. The van der Waals surface area contributed by atoms with Gasteiger partial charge in [-0.15, -0.1) is 0 Å². The molecule has 0 fully saturated rings. The van der Waals surface area contributed by atoms with Gasteiger partial charge in [0.2, 0.25) is 4.38 Å². The molecule has 0 aromatic rings. The van der Waals surface area contributed by atoms with E-state index in [1.165, 1.54) is 0 Å². The normalized spacial score (nSPS) is 8.00. The van der Waals surface area contributed by atoms with Crippen LogP contribution in [0.3, 0.4) is 0 Å². The quantitative estimate of drug-likeness (QED) is 0.365. The van der Waals surface area contributed by atoms with Gasteiger partial charge >= 0.3 is 0 Å². The van der Waals surface area contributed by atoms with Gasteiger partial charge in [0.25, 0.3) is 0 Å². The van der Waals surface area contributed by atoms with Crippen LogP contribution in [-0.2, 0) is 4.74 Å². The van der Waals surface area contributed by atoms with E-state index >= 15 is 0 Å². The molecule has 0 saturated carbocycles. The van der Waals surface area contributed by atoms with Crippen LogP contribution in [0.2, 0.25) is 0 Å². The summed E-state index contributed by atoms with van der Waals surface area (Å²) in [5.41, 5.74) is 0. The van der Waals surface area contributed by atoms with E-state index in [0.717, 1.165) is 0 Å². The number of ether oxygens (including phenoxy) is 1. The van der Waals surface area contributed by atoms with Crippen molar-refractivity contribution in [3.63, 3.8) is 0 Å². The van der Waals surface area contributed by atoms with Crippen molar-refractivity contribution in [1.29, 1.82) is 0 Å². The van der Waals surface area contributed by atoms with E-state index in [2.05, 4.69) is 24.8 Å². The number of rotatable bonds is 1. The van der Waals surface area contributed by atoms with Gasteiger partial charge < -0.3 is 4.74 Å². The van der Waals surface area contributed by atoms with E-state index < -0.39 is 0 Å². The van der Waals surface area contributed by atoms with Gasteiger partial charge in [0.15, 0.2) is 0 Å². The Kier molecular flexibility index (Phi) is 11.0. The number of hydrogen-bond donors (Lipinski definition) is 1.